The molecule has 2 amide bonds. The lowest BCUT2D eigenvalue weighted by molar-refractivity contribution is -0.137. The Morgan fingerprint density at radius 1 is 1.28 bits per heavy atom. The number of thiazole rings is 1. The summed E-state index contributed by atoms with van der Waals surface area (Å²) >= 11 is 1.38. The summed E-state index contributed by atoms with van der Waals surface area (Å²) in [5.74, 6) is 0.00939. The smallest absolute Gasteiger partial charge is 0.261 e. The molecule has 1 aromatic carbocycles. The molecular formula is C17H21N3O4S. The number of nitrogens with one attached hydrogen (secondary N) is 1. The Hall–Kier alpha value is -2.45. The van der Waals surface area contributed by atoms with E-state index in [0.29, 0.717) is 24.0 Å². The summed E-state index contributed by atoms with van der Waals surface area (Å²) in [5.41, 5.74) is 0. The van der Waals surface area contributed by atoms with Crippen LogP contribution in [-0.2, 0) is 14.3 Å². The van der Waals surface area contributed by atoms with Crippen molar-refractivity contribution in [1.82, 2.24) is 9.88 Å². The number of amides is 2. The zero-order chi connectivity index (χ0) is 18.1. The van der Waals surface area contributed by atoms with Crippen molar-refractivity contribution in [1.29, 1.82) is 0 Å². The predicted octanol–water partition coefficient (Wildman–Crippen LogP) is 1.94. The molecule has 0 fully saturated rings. The highest BCUT2D eigenvalue weighted by Gasteiger charge is 2.18. The first kappa shape index (κ1) is 18.9. The minimum absolute atomic E-state index is 0.0844. The zero-order valence-electron chi connectivity index (χ0n) is 14.2. The Morgan fingerprint density at radius 3 is 2.68 bits per heavy atom. The first-order valence-corrected chi connectivity index (χ1v) is 8.57. The zero-order valence-corrected chi connectivity index (χ0v) is 15.0. The van der Waals surface area contributed by atoms with Gasteiger partial charge >= 0.3 is 0 Å². The number of para-hydroxylation sites is 1. The number of carbonyl (C=O) groups is 2. The SMILES string of the molecule is COCCN(CC(=O)Nc1ncc(C)s1)C(=O)COc1ccccc1. The van der Waals surface area contributed by atoms with Crippen molar-refractivity contribution in [3.63, 3.8) is 0 Å². The van der Waals surface area contributed by atoms with Gasteiger partial charge in [-0.15, -0.1) is 11.3 Å². The third kappa shape index (κ3) is 6.52. The molecule has 7 nitrogen and oxygen atoms in total. The molecule has 0 atom stereocenters. The van der Waals surface area contributed by atoms with Gasteiger partial charge in [0.1, 0.15) is 12.3 Å². The van der Waals surface area contributed by atoms with E-state index in [1.165, 1.54) is 16.2 Å². The Bertz CT molecular complexity index is 690. The van der Waals surface area contributed by atoms with Crippen LogP contribution in [0.25, 0.3) is 0 Å². The number of rotatable bonds is 9. The van der Waals surface area contributed by atoms with Crippen LogP contribution in [0.5, 0.6) is 5.75 Å². The normalized spacial score (nSPS) is 10.3. The number of aromatic nitrogens is 1. The first-order valence-electron chi connectivity index (χ1n) is 7.75. The van der Waals surface area contributed by atoms with Crippen molar-refractivity contribution < 1.29 is 19.1 Å². The minimum atomic E-state index is -0.307. The standard InChI is InChI=1S/C17H21N3O4S/c1-13-10-18-17(25-13)19-15(21)11-20(8-9-23-2)16(22)12-24-14-6-4-3-5-7-14/h3-7,10H,8-9,11-12H2,1-2H3,(H,18,19,21). The van der Waals surface area contributed by atoms with Gasteiger partial charge in [-0.05, 0) is 19.1 Å². The highest BCUT2D eigenvalue weighted by Crippen LogP contribution is 2.16. The maximum atomic E-state index is 12.4. The molecule has 2 aromatic rings. The summed E-state index contributed by atoms with van der Waals surface area (Å²) in [6.45, 7) is 2.32. The summed E-state index contributed by atoms with van der Waals surface area (Å²) < 4.78 is 10.5. The van der Waals surface area contributed by atoms with Gasteiger partial charge in [-0.1, -0.05) is 18.2 Å². The molecule has 0 aliphatic rings. The molecule has 1 aromatic heterocycles. The lowest BCUT2D eigenvalue weighted by Crippen LogP contribution is -2.42. The van der Waals surface area contributed by atoms with Crippen LogP contribution in [0.2, 0.25) is 0 Å². The Labute approximate surface area is 150 Å². The highest BCUT2D eigenvalue weighted by atomic mass is 32.1. The van der Waals surface area contributed by atoms with Crippen LogP contribution in [0.15, 0.2) is 36.5 Å². The van der Waals surface area contributed by atoms with E-state index < -0.39 is 0 Å². The van der Waals surface area contributed by atoms with Crippen LogP contribution in [-0.4, -0.2) is 55.1 Å². The fourth-order valence-electron chi connectivity index (χ4n) is 1.99. The van der Waals surface area contributed by atoms with Crippen LogP contribution in [0, 0.1) is 6.92 Å². The molecule has 0 spiro atoms. The van der Waals surface area contributed by atoms with E-state index in [9.17, 15) is 9.59 Å². The number of anilines is 1. The number of benzene rings is 1. The van der Waals surface area contributed by atoms with Gasteiger partial charge in [0.05, 0.1) is 6.61 Å². The monoisotopic (exact) mass is 363 g/mol. The van der Waals surface area contributed by atoms with Crippen molar-refractivity contribution in [3.8, 4) is 5.75 Å². The molecule has 0 aliphatic heterocycles. The van der Waals surface area contributed by atoms with Crippen molar-refractivity contribution in [2.24, 2.45) is 0 Å². The molecule has 0 unspecified atom stereocenters. The number of hydrogen-bond acceptors (Lipinski definition) is 6. The summed E-state index contributed by atoms with van der Waals surface area (Å²) in [6.07, 6.45) is 1.68. The molecule has 0 saturated heterocycles. The molecule has 0 radical (unpaired) electrons. The van der Waals surface area contributed by atoms with Crippen molar-refractivity contribution in [2.45, 2.75) is 6.92 Å². The fraction of sp³-hybridized carbons (Fsp3) is 0.353. The van der Waals surface area contributed by atoms with Gasteiger partial charge in [0, 0.05) is 24.7 Å². The molecule has 0 aliphatic carbocycles. The quantitative estimate of drug-likeness (QED) is 0.736. The second kappa shape index (κ2) is 9.75. The number of carbonyl (C=O) groups excluding carboxylic acids is 2. The molecule has 1 N–H and O–H groups in total. The van der Waals surface area contributed by atoms with Gasteiger partial charge in [-0.3, -0.25) is 9.59 Å². The molecule has 25 heavy (non-hydrogen) atoms. The van der Waals surface area contributed by atoms with Crippen LogP contribution >= 0.6 is 11.3 Å². The Kier molecular flexibility index (Phi) is 7.36. The van der Waals surface area contributed by atoms with Crippen LogP contribution in [0.4, 0.5) is 5.13 Å². The summed E-state index contributed by atoms with van der Waals surface area (Å²) in [5, 5.41) is 3.21. The van der Waals surface area contributed by atoms with E-state index >= 15 is 0 Å². The van der Waals surface area contributed by atoms with Crippen LogP contribution in [0.3, 0.4) is 0 Å². The first-order chi connectivity index (χ1) is 12.1. The number of hydrogen-bond donors (Lipinski definition) is 1. The molecule has 0 saturated carbocycles. The minimum Gasteiger partial charge on any atom is -0.484 e. The third-order valence-corrected chi connectivity index (χ3v) is 4.05. The van der Waals surface area contributed by atoms with Crippen LogP contribution < -0.4 is 10.1 Å². The maximum absolute atomic E-state index is 12.4. The Balaban J connectivity index is 1.89. The molecular weight excluding hydrogens is 342 g/mol. The summed E-state index contributed by atoms with van der Waals surface area (Å²) in [6, 6.07) is 9.05. The van der Waals surface area contributed by atoms with Gasteiger partial charge in [-0.2, -0.15) is 0 Å². The second-order valence-electron chi connectivity index (χ2n) is 5.23. The molecule has 0 bridgehead atoms. The van der Waals surface area contributed by atoms with Gasteiger partial charge in [-0.25, -0.2) is 4.98 Å². The maximum Gasteiger partial charge on any atom is 0.261 e. The summed E-state index contributed by atoms with van der Waals surface area (Å²) in [4.78, 5) is 31.0. The van der Waals surface area contributed by atoms with E-state index in [1.54, 1.807) is 25.4 Å². The van der Waals surface area contributed by atoms with E-state index in [-0.39, 0.29) is 25.0 Å². The van der Waals surface area contributed by atoms with E-state index in [4.69, 9.17) is 9.47 Å². The molecule has 2 rings (SSSR count). The molecule has 134 valence electrons. The van der Waals surface area contributed by atoms with E-state index in [2.05, 4.69) is 10.3 Å². The van der Waals surface area contributed by atoms with Crippen LogP contribution in [0.1, 0.15) is 4.88 Å². The third-order valence-electron chi connectivity index (χ3n) is 3.23. The molecule has 8 heteroatoms. The van der Waals surface area contributed by atoms with Gasteiger partial charge in [0.2, 0.25) is 5.91 Å². The van der Waals surface area contributed by atoms with Gasteiger partial charge < -0.3 is 19.7 Å². The Morgan fingerprint density at radius 2 is 2.04 bits per heavy atom. The fourth-order valence-corrected chi connectivity index (χ4v) is 2.67. The molecule has 1 heterocycles. The average Bonchev–Trinajstić information content (AvgIpc) is 3.02. The van der Waals surface area contributed by atoms with Gasteiger partial charge in [0.25, 0.3) is 5.91 Å². The highest BCUT2D eigenvalue weighted by molar-refractivity contribution is 7.15. The summed E-state index contributed by atoms with van der Waals surface area (Å²) in [7, 11) is 1.54. The van der Waals surface area contributed by atoms with E-state index in [1.807, 2.05) is 25.1 Å². The van der Waals surface area contributed by atoms with Crippen molar-refractivity contribution in [3.05, 3.63) is 41.4 Å². The number of aryl methyl sites for hydroxylation is 1. The number of ether oxygens (including phenoxy) is 2. The van der Waals surface area contributed by atoms with Crippen molar-refractivity contribution >= 4 is 28.3 Å². The predicted molar refractivity (Wildman–Crippen MR) is 95.9 cm³/mol. The van der Waals surface area contributed by atoms with Crippen molar-refractivity contribution in [2.75, 3.05) is 38.7 Å². The second-order valence-corrected chi connectivity index (χ2v) is 6.47. The lowest BCUT2D eigenvalue weighted by Gasteiger charge is -2.21. The largest absolute Gasteiger partial charge is 0.484 e. The van der Waals surface area contributed by atoms with E-state index in [0.717, 1.165) is 4.88 Å². The topological polar surface area (TPSA) is 80.8 Å². The number of nitrogens with zero attached hydrogens (tertiary/aromatic N) is 2. The lowest BCUT2D eigenvalue weighted by atomic mass is 10.3. The van der Waals surface area contributed by atoms with Gasteiger partial charge in [0.15, 0.2) is 11.7 Å². The number of methoxy groups -OCH3 is 1. The average molecular weight is 363 g/mol.